The highest BCUT2D eigenvalue weighted by Crippen LogP contribution is 2.63. The lowest BCUT2D eigenvalue weighted by Gasteiger charge is -2.49. The van der Waals surface area contributed by atoms with Gasteiger partial charge in [-0.05, 0) is 178 Å². The summed E-state index contributed by atoms with van der Waals surface area (Å²) in [6.07, 6.45) is 24.5. The van der Waals surface area contributed by atoms with E-state index in [4.69, 9.17) is 6.57 Å². The first kappa shape index (κ1) is 64.9. The predicted octanol–water partition coefficient (Wildman–Crippen LogP) is 24.3. The van der Waals surface area contributed by atoms with Crippen LogP contribution in [0.1, 0.15) is 224 Å². The number of anilines is 6. The highest BCUT2D eigenvalue weighted by Gasteiger charge is 2.53. The van der Waals surface area contributed by atoms with Gasteiger partial charge in [0, 0.05) is 28.1 Å². The maximum absolute atomic E-state index is 14.0. The second-order valence-corrected chi connectivity index (χ2v) is 27.0. The molecule has 2 aliphatic heterocycles. The Morgan fingerprint density at radius 3 is 0.896 bits per heavy atom. The van der Waals surface area contributed by atoms with Crippen LogP contribution in [-0.2, 0) is 36.5 Å². The Morgan fingerprint density at radius 1 is 0.354 bits per heavy atom. The molecule has 10 aromatic rings. The largest absolute Gasteiger partial charge is 0.310 e. The number of ketones is 1. The number of carbonyl (C=O) groups is 1. The van der Waals surface area contributed by atoms with Crippen LogP contribution in [0.4, 0.5) is 34.1 Å². The lowest BCUT2D eigenvalue weighted by Crippen LogP contribution is -2.42. The minimum atomic E-state index is -0.649. The van der Waals surface area contributed by atoms with Crippen LogP contribution in [0.3, 0.4) is 0 Å². The fraction of sp³-hybridized carbons (Fsp3) is 0.286. The first-order valence-electron chi connectivity index (χ1n) is 36.0. The van der Waals surface area contributed by atoms with E-state index in [1.54, 1.807) is 0 Å². The molecular formula is C91H90N4O. The molecule has 4 aliphatic rings. The second kappa shape index (κ2) is 29.4. The minimum Gasteiger partial charge on any atom is -0.310 e. The van der Waals surface area contributed by atoms with Gasteiger partial charge in [-0.15, -0.1) is 0 Å². The van der Waals surface area contributed by atoms with Crippen molar-refractivity contribution in [3.63, 3.8) is 0 Å². The van der Waals surface area contributed by atoms with E-state index < -0.39 is 10.8 Å². The molecule has 0 saturated carbocycles. The highest BCUT2D eigenvalue weighted by molar-refractivity contribution is 6.15. The summed E-state index contributed by atoms with van der Waals surface area (Å²) in [7, 11) is 0. The van der Waals surface area contributed by atoms with Crippen LogP contribution < -0.4 is 9.80 Å². The van der Waals surface area contributed by atoms with Crippen molar-refractivity contribution < 1.29 is 4.79 Å². The molecule has 0 N–H and O–H groups in total. The number of nitrogens with zero attached hydrogens (tertiary/aromatic N) is 4. The quantitative estimate of drug-likeness (QED) is 0.0385. The number of carbonyl (C=O) groups excluding carboxylic acids is 1. The Hall–Kier alpha value is -9.81. The average molecular weight is 1260 g/mol. The number of benzene rings is 10. The smallest absolute Gasteiger partial charge is 0.270 e. The van der Waals surface area contributed by atoms with Gasteiger partial charge in [0.25, 0.3) is 5.70 Å². The van der Waals surface area contributed by atoms with E-state index in [-0.39, 0.29) is 11.5 Å². The van der Waals surface area contributed by atoms with Gasteiger partial charge < -0.3 is 9.80 Å². The number of fused-ring (bicyclic) bond motifs is 16. The molecule has 480 valence electrons. The van der Waals surface area contributed by atoms with Crippen molar-refractivity contribution in [3.05, 3.63) is 337 Å². The van der Waals surface area contributed by atoms with Gasteiger partial charge in [0.05, 0.1) is 46.2 Å². The van der Waals surface area contributed by atoms with E-state index >= 15 is 0 Å². The Kier molecular flexibility index (Phi) is 19.9. The first-order chi connectivity index (χ1) is 47.3. The molecule has 5 heteroatoms. The third-order valence-corrected chi connectivity index (χ3v) is 20.9. The summed E-state index contributed by atoms with van der Waals surface area (Å²) in [5.74, 6) is 0.109. The summed E-state index contributed by atoms with van der Waals surface area (Å²) in [6, 6.07) is 85.9. The number of aryl methyl sites for hydroxylation is 4. The standard InChI is InChI=1S/C47H45N3.C44H45NO/c1-4-6-8-10-20-34-30-35(21-11-9-7-5-2)32-36(31-34)50-44-28-18-16-26-41(44)47(42-27-17-19-29-45(42)50)39-24-14-12-22-37(39)46(43(33-48)49-3)38-23-13-15-25-40(38)47;1-3-5-7-9-19-32-29-33(20-10-8-6-4-2)31-34(30-32)45-41-27-17-15-25-39(41)44(40-26-16-18-28-42(40)45)37-23-13-11-21-35(37)43(46)36-22-12-14-24-38(36)44/h12-19,22-32H,4-11,20-21H2,1-2H3;11-18,21-31H,3-10,19-20H2,1-2H3. The summed E-state index contributed by atoms with van der Waals surface area (Å²) in [4.78, 5) is 22.7. The van der Waals surface area contributed by atoms with Crippen molar-refractivity contribution in [1.29, 1.82) is 5.26 Å². The van der Waals surface area contributed by atoms with Crippen molar-refractivity contribution in [2.75, 3.05) is 9.80 Å². The van der Waals surface area contributed by atoms with E-state index in [1.165, 1.54) is 170 Å². The highest BCUT2D eigenvalue weighted by atomic mass is 16.1. The van der Waals surface area contributed by atoms with Gasteiger partial charge in [-0.2, -0.15) is 0 Å². The monoisotopic (exact) mass is 1250 g/mol. The van der Waals surface area contributed by atoms with Crippen LogP contribution >= 0.6 is 0 Å². The topological polar surface area (TPSA) is 51.7 Å². The molecule has 0 saturated heterocycles. The molecule has 0 amide bonds. The van der Waals surface area contributed by atoms with E-state index in [9.17, 15) is 10.1 Å². The number of para-hydroxylation sites is 4. The molecule has 2 heterocycles. The van der Waals surface area contributed by atoms with Crippen LogP contribution in [0.5, 0.6) is 0 Å². The summed E-state index contributed by atoms with van der Waals surface area (Å²) >= 11 is 0. The molecule has 96 heavy (non-hydrogen) atoms. The van der Waals surface area contributed by atoms with E-state index in [0.29, 0.717) is 0 Å². The number of nitriles is 1. The molecule has 14 rings (SSSR count). The number of rotatable bonds is 22. The molecule has 2 aliphatic carbocycles. The van der Waals surface area contributed by atoms with Crippen molar-refractivity contribution in [2.24, 2.45) is 0 Å². The third-order valence-electron chi connectivity index (χ3n) is 20.9. The van der Waals surface area contributed by atoms with Crippen LogP contribution in [0.25, 0.3) is 10.4 Å². The molecule has 0 atom stereocenters. The van der Waals surface area contributed by atoms with Gasteiger partial charge in [-0.3, -0.25) is 4.79 Å². The molecule has 0 aromatic heterocycles. The number of hydrogen-bond donors (Lipinski definition) is 0. The Balaban J connectivity index is 0.000000174. The van der Waals surface area contributed by atoms with Crippen molar-refractivity contribution in [3.8, 4) is 6.07 Å². The maximum atomic E-state index is 14.0. The third kappa shape index (κ3) is 11.8. The fourth-order valence-corrected chi connectivity index (χ4v) is 16.6. The van der Waals surface area contributed by atoms with Gasteiger partial charge in [0.2, 0.25) is 0 Å². The van der Waals surface area contributed by atoms with Gasteiger partial charge in [-0.1, -0.05) is 287 Å². The zero-order valence-corrected chi connectivity index (χ0v) is 56.8. The molecule has 5 nitrogen and oxygen atoms in total. The molecule has 0 fully saturated rings. The summed E-state index contributed by atoms with van der Waals surface area (Å²) < 4.78 is 0. The van der Waals surface area contributed by atoms with Crippen molar-refractivity contribution >= 4 is 45.5 Å². The second-order valence-electron chi connectivity index (χ2n) is 27.0. The summed E-state index contributed by atoms with van der Waals surface area (Å²) in [5.41, 5.74) is 25.1. The Morgan fingerprint density at radius 2 is 0.615 bits per heavy atom. The molecule has 0 unspecified atom stereocenters. The molecule has 10 aromatic carbocycles. The fourth-order valence-electron chi connectivity index (χ4n) is 16.6. The van der Waals surface area contributed by atoms with Crippen LogP contribution in [0.15, 0.2) is 236 Å². The van der Waals surface area contributed by atoms with Gasteiger partial charge in [-0.25, -0.2) is 10.1 Å². The van der Waals surface area contributed by atoms with Gasteiger partial charge in [0.15, 0.2) is 5.78 Å². The lowest BCUT2D eigenvalue weighted by molar-refractivity contribution is 0.103. The summed E-state index contributed by atoms with van der Waals surface area (Å²) in [6.45, 7) is 17.1. The Bertz CT molecular complexity index is 4310. The van der Waals surface area contributed by atoms with Gasteiger partial charge >= 0.3 is 0 Å². The predicted molar refractivity (Wildman–Crippen MR) is 399 cm³/mol. The normalized spacial score (nSPS) is 13.7. The molecule has 2 spiro atoms. The maximum Gasteiger partial charge on any atom is 0.270 e. The molecule has 0 radical (unpaired) electrons. The molecule has 0 bridgehead atoms. The average Bonchev–Trinajstić information content (AvgIpc) is 0.687. The van der Waals surface area contributed by atoms with Crippen LogP contribution in [-0.4, -0.2) is 5.78 Å². The zero-order chi connectivity index (χ0) is 66.0. The lowest BCUT2D eigenvalue weighted by atomic mass is 9.57. The van der Waals surface area contributed by atoms with Crippen molar-refractivity contribution in [2.45, 2.75) is 167 Å². The minimum absolute atomic E-state index is 0.109. The first-order valence-corrected chi connectivity index (χ1v) is 36.0. The zero-order valence-electron chi connectivity index (χ0n) is 56.8. The Labute approximate surface area is 571 Å². The number of unbranched alkanes of at least 4 members (excludes halogenated alkanes) is 12. The number of allylic oxidation sites excluding steroid dienone is 1. The van der Waals surface area contributed by atoms with Crippen LogP contribution in [0, 0.1) is 17.9 Å². The SMILES string of the molecule is CCCCCCc1cc(CCCCCC)cc(N2c3ccccc3C3(c4ccccc4C(=O)c4ccccc43)c3ccccc32)c1.[C-]#[N+]C(C#N)=C1c2ccccc2C2(c3ccccc31)c1ccccc1N(c1cc(CCCCCC)cc(CCCCCC)c1)c1ccccc12. The van der Waals surface area contributed by atoms with E-state index in [0.717, 1.165) is 87.1 Å². The van der Waals surface area contributed by atoms with Crippen molar-refractivity contribution in [1.82, 2.24) is 0 Å². The summed E-state index contributed by atoms with van der Waals surface area (Å²) in [5, 5.41) is 10.2. The number of hydrogen-bond acceptors (Lipinski definition) is 4. The van der Waals surface area contributed by atoms with Gasteiger partial charge in [0.1, 0.15) is 0 Å². The van der Waals surface area contributed by atoms with Crippen LogP contribution in [0.2, 0.25) is 0 Å². The van der Waals surface area contributed by atoms with E-state index in [1.807, 2.05) is 36.4 Å². The van der Waals surface area contributed by atoms with E-state index in [2.05, 4.69) is 243 Å². The molecular weight excluding hydrogens is 1170 g/mol.